The molecular formula is C13H12ClN5. The first-order valence-electron chi connectivity index (χ1n) is 5.74. The Labute approximate surface area is 115 Å². The van der Waals surface area contributed by atoms with E-state index in [1.807, 2.05) is 37.5 Å². The topological polar surface area (TPSA) is 72.5 Å². The quantitative estimate of drug-likeness (QED) is 0.754. The first-order valence-corrected chi connectivity index (χ1v) is 6.12. The van der Waals surface area contributed by atoms with E-state index in [0.29, 0.717) is 10.8 Å². The van der Waals surface area contributed by atoms with Gasteiger partial charge in [-0.15, -0.1) is 0 Å². The first kappa shape index (κ1) is 11.8. The normalized spacial score (nSPS) is 10.8. The maximum Gasteiger partial charge on any atom is 0.153 e. The average molecular weight is 274 g/mol. The van der Waals surface area contributed by atoms with Crippen LogP contribution in [-0.2, 0) is 7.05 Å². The minimum absolute atomic E-state index is 0.459. The van der Waals surface area contributed by atoms with Gasteiger partial charge in [0.05, 0.1) is 17.5 Å². The minimum atomic E-state index is 0.459. The number of nitrogens with two attached hydrogens (primary N) is 1. The fourth-order valence-corrected chi connectivity index (χ4v) is 2.15. The number of H-pyrrole nitrogens is 1. The molecule has 96 valence electrons. The standard InChI is InChI=1S/C13H12ClN5/c1-19-7-9(6-16-19)12-11(13(15)18-17-12)8-2-4-10(14)5-3-8/h2-7H,1H3,(H3,15,17,18). The molecular weight excluding hydrogens is 262 g/mol. The number of aryl methyl sites for hydroxylation is 1. The largest absolute Gasteiger partial charge is 0.382 e. The molecule has 3 rings (SSSR count). The Bertz CT molecular complexity index is 711. The van der Waals surface area contributed by atoms with E-state index < -0.39 is 0 Å². The summed E-state index contributed by atoms with van der Waals surface area (Å²) in [7, 11) is 1.87. The van der Waals surface area contributed by atoms with E-state index in [-0.39, 0.29) is 0 Å². The lowest BCUT2D eigenvalue weighted by Gasteiger charge is -2.03. The van der Waals surface area contributed by atoms with Gasteiger partial charge in [-0.3, -0.25) is 9.78 Å². The van der Waals surface area contributed by atoms with Gasteiger partial charge >= 0.3 is 0 Å². The Morgan fingerprint density at radius 2 is 1.95 bits per heavy atom. The van der Waals surface area contributed by atoms with Crippen LogP contribution in [0.5, 0.6) is 0 Å². The molecule has 6 heteroatoms. The Kier molecular flexibility index (Phi) is 2.76. The van der Waals surface area contributed by atoms with Crippen molar-refractivity contribution in [2.75, 3.05) is 5.73 Å². The summed E-state index contributed by atoms with van der Waals surface area (Å²) < 4.78 is 1.73. The molecule has 19 heavy (non-hydrogen) atoms. The molecule has 0 saturated carbocycles. The molecule has 2 aromatic heterocycles. The third kappa shape index (κ3) is 2.08. The lowest BCUT2D eigenvalue weighted by atomic mass is 10.0. The molecule has 2 heterocycles. The highest BCUT2D eigenvalue weighted by molar-refractivity contribution is 6.30. The molecule has 0 saturated heterocycles. The molecule has 3 aromatic rings. The van der Waals surface area contributed by atoms with Gasteiger partial charge in [0.25, 0.3) is 0 Å². The molecule has 0 atom stereocenters. The van der Waals surface area contributed by atoms with Gasteiger partial charge in [0, 0.05) is 23.8 Å². The summed E-state index contributed by atoms with van der Waals surface area (Å²) in [6, 6.07) is 7.50. The summed E-state index contributed by atoms with van der Waals surface area (Å²) in [6.45, 7) is 0. The van der Waals surface area contributed by atoms with Crippen molar-refractivity contribution in [1.82, 2.24) is 20.0 Å². The van der Waals surface area contributed by atoms with Crippen LogP contribution < -0.4 is 5.73 Å². The zero-order chi connectivity index (χ0) is 13.4. The average Bonchev–Trinajstić information content (AvgIpc) is 2.97. The number of benzene rings is 1. The summed E-state index contributed by atoms with van der Waals surface area (Å²) in [5, 5.41) is 11.9. The Balaban J connectivity index is 2.16. The van der Waals surface area contributed by atoms with Gasteiger partial charge in [0.2, 0.25) is 0 Å². The number of hydrogen-bond acceptors (Lipinski definition) is 3. The minimum Gasteiger partial charge on any atom is -0.382 e. The van der Waals surface area contributed by atoms with Crippen molar-refractivity contribution in [2.24, 2.45) is 7.05 Å². The molecule has 3 N–H and O–H groups in total. The van der Waals surface area contributed by atoms with Gasteiger partial charge in [-0.05, 0) is 17.7 Å². The zero-order valence-electron chi connectivity index (χ0n) is 10.3. The number of halogens is 1. The summed E-state index contributed by atoms with van der Waals surface area (Å²) in [4.78, 5) is 0. The highest BCUT2D eigenvalue weighted by atomic mass is 35.5. The molecule has 0 amide bonds. The summed E-state index contributed by atoms with van der Waals surface area (Å²) in [5.41, 5.74) is 9.58. The van der Waals surface area contributed by atoms with E-state index in [2.05, 4.69) is 15.3 Å². The zero-order valence-corrected chi connectivity index (χ0v) is 11.0. The van der Waals surface area contributed by atoms with Crippen molar-refractivity contribution >= 4 is 17.4 Å². The van der Waals surface area contributed by atoms with E-state index >= 15 is 0 Å². The molecule has 0 spiro atoms. The highest BCUT2D eigenvalue weighted by Crippen LogP contribution is 2.34. The third-order valence-corrected chi connectivity index (χ3v) is 3.17. The predicted octanol–water partition coefficient (Wildman–Crippen LogP) is 2.71. The Morgan fingerprint density at radius 1 is 1.21 bits per heavy atom. The van der Waals surface area contributed by atoms with Crippen molar-refractivity contribution in [2.45, 2.75) is 0 Å². The lowest BCUT2D eigenvalue weighted by molar-refractivity contribution is 0.768. The molecule has 1 aromatic carbocycles. The summed E-state index contributed by atoms with van der Waals surface area (Å²) >= 11 is 5.90. The van der Waals surface area contributed by atoms with Crippen LogP contribution in [0, 0.1) is 0 Å². The number of aromatic amines is 1. The predicted molar refractivity (Wildman–Crippen MR) is 75.6 cm³/mol. The molecule has 0 aliphatic carbocycles. The second-order valence-electron chi connectivity index (χ2n) is 4.27. The molecule has 5 nitrogen and oxygen atoms in total. The smallest absolute Gasteiger partial charge is 0.153 e. The van der Waals surface area contributed by atoms with Gasteiger partial charge in [-0.1, -0.05) is 23.7 Å². The molecule has 0 aliphatic rings. The monoisotopic (exact) mass is 273 g/mol. The number of nitrogen functional groups attached to an aromatic ring is 1. The molecule has 0 fully saturated rings. The maximum atomic E-state index is 5.95. The van der Waals surface area contributed by atoms with E-state index in [0.717, 1.165) is 22.4 Å². The van der Waals surface area contributed by atoms with Crippen LogP contribution in [0.1, 0.15) is 0 Å². The molecule has 0 bridgehead atoms. The van der Waals surface area contributed by atoms with E-state index in [9.17, 15) is 0 Å². The lowest BCUT2D eigenvalue weighted by Crippen LogP contribution is -1.88. The highest BCUT2D eigenvalue weighted by Gasteiger charge is 2.15. The van der Waals surface area contributed by atoms with Crippen molar-refractivity contribution in [3.8, 4) is 22.4 Å². The second-order valence-corrected chi connectivity index (χ2v) is 4.70. The number of nitrogens with zero attached hydrogens (tertiary/aromatic N) is 3. The van der Waals surface area contributed by atoms with Crippen LogP contribution in [0.4, 0.5) is 5.82 Å². The van der Waals surface area contributed by atoms with Crippen LogP contribution in [0.25, 0.3) is 22.4 Å². The number of nitrogens with one attached hydrogen (secondary N) is 1. The van der Waals surface area contributed by atoms with E-state index in [1.54, 1.807) is 10.9 Å². The van der Waals surface area contributed by atoms with Crippen molar-refractivity contribution < 1.29 is 0 Å². The van der Waals surface area contributed by atoms with Crippen molar-refractivity contribution in [3.05, 3.63) is 41.7 Å². The SMILES string of the molecule is Cn1cc(-c2[nH]nc(N)c2-c2ccc(Cl)cc2)cn1. The maximum absolute atomic E-state index is 5.95. The van der Waals surface area contributed by atoms with Gasteiger partial charge in [-0.25, -0.2) is 0 Å². The van der Waals surface area contributed by atoms with Crippen molar-refractivity contribution in [3.63, 3.8) is 0 Å². The van der Waals surface area contributed by atoms with Crippen LogP contribution in [0.3, 0.4) is 0 Å². The summed E-state index contributed by atoms with van der Waals surface area (Å²) in [6.07, 6.45) is 3.68. The summed E-state index contributed by atoms with van der Waals surface area (Å²) in [5.74, 6) is 0.459. The van der Waals surface area contributed by atoms with Crippen molar-refractivity contribution in [1.29, 1.82) is 0 Å². The van der Waals surface area contributed by atoms with Crippen LogP contribution in [0.2, 0.25) is 5.02 Å². The Morgan fingerprint density at radius 3 is 2.58 bits per heavy atom. The fraction of sp³-hybridized carbons (Fsp3) is 0.0769. The second kappa shape index (κ2) is 4.44. The first-order chi connectivity index (χ1) is 9.15. The van der Waals surface area contributed by atoms with Gasteiger partial charge in [0.15, 0.2) is 5.82 Å². The van der Waals surface area contributed by atoms with E-state index in [4.69, 9.17) is 17.3 Å². The molecule has 0 radical (unpaired) electrons. The van der Waals surface area contributed by atoms with Gasteiger partial charge < -0.3 is 5.73 Å². The molecule has 0 aliphatic heterocycles. The van der Waals surface area contributed by atoms with Gasteiger partial charge in [-0.2, -0.15) is 10.2 Å². The van der Waals surface area contributed by atoms with Crippen LogP contribution >= 0.6 is 11.6 Å². The fourth-order valence-electron chi connectivity index (χ4n) is 2.02. The van der Waals surface area contributed by atoms with Gasteiger partial charge in [0.1, 0.15) is 0 Å². The molecule has 0 unspecified atom stereocenters. The number of aromatic nitrogens is 4. The van der Waals surface area contributed by atoms with Crippen LogP contribution in [0.15, 0.2) is 36.7 Å². The number of anilines is 1. The number of hydrogen-bond donors (Lipinski definition) is 2. The number of rotatable bonds is 2. The van der Waals surface area contributed by atoms with Crippen LogP contribution in [-0.4, -0.2) is 20.0 Å². The Hall–Kier alpha value is -2.27. The third-order valence-electron chi connectivity index (χ3n) is 2.92. The van der Waals surface area contributed by atoms with E-state index in [1.165, 1.54) is 0 Å².